The molecule has 1 aromatic carbocycles. The summed E-state index contributed by atoms with van der Waals surface area (Å²) in [6.07, 6.45) is 0.998. The molecule has 0 aliphatic heterocycles. The first-order valence-corrected chi connectivity index (χ1v) is 3.74. The number of carbonyl (C=O) groups is 1. The minimum absolute atomic E-state index is 0. The fourth-order valence-electron chi connectivity index (χ4n) is 0.892. The molecule has 0 unspecified atom stereocenters. The zero-order valence-electron chi connectivity index (χ0n) is 9.06. The van der Waals surface area contributed by atoms with E-state index in [1.165, 1.54) is 24.3 Å². The number of carboxylic acids is 1. The Labute approximate surface area is 137 Å². The quantitative estimate of drug-likeness (QED) is 0.288. The maximum absolute atomic E-state index is 11.1. The van der Waals surface area contributed by atoms with Crippen LogP contribution in [0.1, 0.15) is 5.56 Å². The van der Waals surface area contributed by atoms with Gasteiger partial charge in [-0.2, -0.15) is 5.26 Å². The third kappa shape index (κ3) is 5.17. The molecule has 70 valence electrons. The van der Waals surface area contributed by atoms with Gasteiger partial charge in [0.15, 0.2) is 0 Å². The van der Waals surface area contributed by atoms with Gasteiger partial charge in [-0.3, -0.25) is 0 Å². The number of rotatable bonds is 2. The summed E-state index contributed by atoms with van der Waals surface area (Å²) in [5.41, 5.74) is -0.401. The number of hydrogen-bond donors (Lipinski definition) is 0. The van der Waals surface area contributed by atoms with Crippen LogP contribution in [0.5, 0.6) is 5.75 Å². The smallest absolute Gasteiger partial charge is 0.872 e. The van der Waals surface area contributed by atoms with E-state index in [-0.39, 0.29) is 70.4 Å². The maximum Gasteiger partial charge on any atom is 1.00 e. The average molecular weight is 233 g/mol. The summed E-state index contributed by atoms with van der Waals surface area (Å²) in [6.45, 7) is 0. The second kappa shape index (κ2) is 8.82. The van der Waals surface area contributed by atoms with Crippen LogP contribution in [-0.2, 0) is 4.79 Å². The van der Waals surface area contributed by atoms with Gasteiger partial charge in [0.25, 0.3) is 0 Å². The minimum Gasteiger partial charge on any atom is -0.872 e. The van der Waals surface area contributed by atoms with E-state index in [1.807, 2.05) is 0 Å². The number of benzene rings is 1. The summed E-state index contributed by atoms with van der Waals surface area (Å²) in [7, 11) is 0. The van der Waals surface area contributed by atoms with E-state index in [9.17, 15) is 15.0 Å². The molecule has 0 bridgehead atoms. The molecule has 0 saturated carbocycles. The molecular weight excluding hydrogens is 228 g/mol. The topological polar surface area (TPSA) is 87.0 Å². The van der Waals surface area contributed by atoms with Crippen LogP contribution >= 0.6 is 0 Å². The molecule has 0 aliphatic carbocycles. The molecule has 0 heterocycles. The molecule has 0 saturated heterocycles. The van der Waals surface area contributed by atoms with Crippen molar-refractivity contribution < 1.29 is 74.1 Å². The molecule has 0 N–H and O–H groups in total. The van der Waals surface area contributed by atoms with Crippen molar-refractivity contribution in [2.45, 2.75) is 0 Å². The van der Waals surface area contributed by atoms with Gasteiger partial charge < -0.3 is 15.0 Å². The first kappa shape index (κ1) is 18.1. The third-order valence-electron chi connectivity index (χ3n) is 1.56. The molecule has 0 fully saturated rings. The fraction of sp³-hybridized carbons (Fsp3) is 0. The molecular formula is C10H5NNa2O3. The maximum atomic E-state index is 11.1. The zero-order valence-corrected chi connectivity index (χ0v) is 13.1. The zero-order chi connectivity index (χ0) is 10.6. The van der Waals surface area contributed by atoms with Gasteiger partial charge >= 0.3 is 59.1 Å². The van der Waals surface area contributed by atoms with Crippen molar-refractivity contribution in [3.05, 3.63) is 35.4 Å². The van der Waals surface area contributed by atoms with Gasteiger partial charge in [0.1, 0.15) is 6.07 Å². The standard InChI is InChI=1S/C10H7NO3.2Na/c11-6-8(10(13)14)5-7-3-1-2-4-9(7)12;;/h1-5,12H,(H,13,14);;/q;2*+1/p-2/b8-5+;;. The molecule has 1 rings (SSSR count). The normalized spacial score (nSPS) is 9.31. The Morgan fingerprint density at radius 3 is 2.31 bits per heavy atom. The van der Waals surface area contributed by atoms with E-state index in [0.29, 0.717) is 0 Å². The van der Waals surface area contributed by atoms with Crippen LogP contribution in [0.15, 0.2) is 29.8 Å². The Balaban J connectivity index is 0. The summed E-state index contributed by atoms with van der Waals surface area (Å²) in [5, 5.41) is 29.9. The molecule has 0 spiro atoms. The second-order valence-corrected chi connectivity index (χ2v) is 2.50. The van der Waals surface area contributed by atoms with Crippen LogP contribution in [-0.4, -0.2) is 5.97 Å². The van der Waals surface area contributed by atoms with Crippen LogP contribution in [0.25, 0.3) is 6.08 Å². The summed E-state index contributed by atoms with van der Waals surface area (Å²) in [5.74, 6) is -1.92. The largest absolute Gasteiger partial charge is 1.00 e. The monoisotopic (exact) mass is 233 g/mol. The van der Waals surface area contributed by atoms with Crippen LogP contribution < -0.4 is 69.3 Å². The van der Waals surface area contributed by atoms with Gasteiger partial charge in [-0.05, 0) is 11.6 Å². The first-order valence-electron chi connectivity index (χ1n) is 3.74. The number of nitrogens with zero attached hydrogens (tertiary/aromatic N) is 1. The molecule has 0 atom stereocenters. The number of hydrogen-bond acceptors (Lipinski definition) is 4. The Morgan fingerprint density at radius 1 is 1.31 bits per heavy atom. The number of para-hydroxylation sites is 1. The van der Waals surface area contributed by atoms with E-state index < -0.39 is 11.5 Å². The first-order chi connectivity index (χ1) is 6.65. The van der Waals surface area contributed by atoms with Crippen LogP contribution in [0.3, 0.4) is 0 Å². The Bertz CT molecular complexity index is 438. The molecule has 1 aromatic rings. The molecule has 0 aliphatic rings. The molecule has 4 nitrogen and oxygen atoms in total. The summed E-state index contributed by atoms with van der Waals surface area (Å²) in [6, 6.07) is 7.27. The predicted octanol–water partition coefficient (Wildman–Crippen LogP) is -6.57. The average Bonchev–Trinajstić information content (AvgIpc) is 2.16. The number of carbonyl (C=O) groups excluding carboxylic acids is 1. The van der Waals surface area contributed by atoms with Gasteiger partial charge in [0.2, 0.25) is 0 Å². The van der Waals surface area contributed by atoms with Gasteiger partial charge in [-0.15, -0.1) is 5.75 Å². The van der Waals surface area contributed by atoms with Crippen molar-refractivity contribution in [1.29, 1.82) is 5.26 Å². The SMILES string of the molecule is N#C/C(=C\c1ccccc1[O-])C(=O)[O-].[Na+].[Na+]. The molecule has 0 radical (unpaired) electrons. The molecule has 0 aromatic heterocycles. The van der Waals surface area contributed by atoms with Crippen LogP contribution in [0.4, 0.5) is 0 Å². The summed E-state index contributed by atoms with van der Waals surface area (Å²) >= 11 is 0. The van der Waals surface area contributed by atoms with Crippen LogP contribution in [0, 0.1) is 11.3 Å². The van der Waals surface area contributed by atoms with Crippen LogP contribution in [0.2, 0.25) is 0 Å². The summed E-state index contributed by atoms with van der Waals surface area (Å²) in [4.78, 5) is 10.3. The van der Waals surface area contributed by atoms with E-state index in [2.05, 4.69) is 0 Å². The van der Waals surface area contributed by atoms with Crippen molar-refractivity contribution in [3.8, 4) is 11.8 Å². The van der Waals surface area contributed by atoms with Crippen molar-refractivity contribution in [2.75, 3.05) is 0 Å². The van der Waals surface area contributed by atoms with Gasteiger partial charge in [0, 0.05) is 0 Å². The second-order valence-electron chi connectivity index (χ2n) is 2.50. The van der Waals surface area contributed by atoms with Gasteiger partial charge in [-0.25, -0.2) is 0 Å². The fourth-order valence-corrected chi connectivity index (χ4v) is 0.892. The number of aliphatic carboxylic acids is 1. The van der Waals surface area contributed by atoms with Crippen molar-refractivity contribution in [2.24, 2.45) is 0 Å². The Kier molecular flexibility index (Phi) is 9.98. The van der Waals surface area contributed by atoms with E-state index in [1.54, 1.807) is 6.07 Å². The van der Waals surface area contributed by atoms with Crippen molar-refractivity contribution in [3.63, 3.8) is 0 Å². The van der Waals surface area contributed by atoms with Gasteiger partial charge in [0.05, 0.1) is 11.5 Å². The number of carboxylic acid groups (broad SMARTS) is 1. The minimum atomic E-state index is -1.59. The molecule has 0 amide bonds. The van der Waals surface area contributed by atoms with E-state index >= 15 is 0 Å². The Hall–Kier alpha value is -0.280. The van der Waals surface area contributed by atoms with Crippen molar-refractivity contribution in [1.82, 2.24) is 0 Å². The van der Waals surface area contributed by atoms with E-state index in [4.69, 9.17) is 5.26 Å². The predicted molar refractivity (Wildman–Crippen MR) is 44.5 cm³/mol. The summed E-state index contributed by atoms with van der Waals surface area (Å²) < 4.78 is 0. The van der Waals surface area contributed by atoms with Gasteiger partial charge in [-0.1, -0.05) is 24.3 Å². The van der Waals surface area contributed by atoms with Crippen molar-refractivity contribution >= 4 is 12.0 Å². The Morgan fingerprint density at radius 2 is 1.88 bits per heavy atom. The van der Waals surface area contributed by atoms with E-state index in [0.717, 1.165) is 6.08 Å². The molecule has 16 heavy (non-hydrogen) atoms. The number of nitriles is 1. The third-order valence-corrected chi connectivity index (χ3v) is 1.56. The molecule has 6 heteroatoms.